The zero-order valence-corrected chi connectivity index (χ0v) is 15.6. The Kier molecular flexibility index (Phi) is 5.16. The number of amides is 2. The largest absolute Gasteiger partial charge is 0.341 e. The minimum absolute atomic E-state index is 0.00570. The molecule has 6 nitrogen and oxygen atoms in total. The molecule has 1 aliphatic heterocycles. The number of carbonyl (C=O) groups is 2. The lowest BCUT2D eigenvalue weighted by Crippen LogP contribution is -2.47. The summed E-state index contributed by atoms with van der Waals surface area (Å²) in [7, 11) is 0. The van der Waals surface area contributed by atoms with Gasteiger partial charge in [0, 0.05) is 24.6 Å². The highest BCUT2D eigenvalue weighted by molar-refractivity contribution is 5.92. The first-order chi connectivity index (χ1) is 11.9. The van der Waals surface area contributed by atoms with Crippen molar-refractivity contribution in [2.45, 2.75) is 65.3 Å². The normalized spacial score (nSPS) is 22.2. The average Bonchev–Trinajstić information content (AvgIpc) is 3.24. The molecule has 0 bridgehead atoms. The lowest BCUT2D eigenvalue weighted by molar-refractivity contribution is -0.142. The molecule has 2 heterocycles. The van der Waals surface area contributed by atoms with Crippen molar-refractivity contribution >= 4 is 17.6 Å². The number of rotatable bonds is 3. The molecule has 2 amide bonds. The molecule has 1 aromatic heterocycles. The van der Waals surface area contributed by atoms with Gasteiger partial charge in [-0.3, -0.25) is 9.59 Å². The number of carbonyl (C=O) groups excluding carboxylic acids is 2. The topological polar surface area (TPSA) is 67.2 Å². The highest BCUT2D eigenvalue weighted by Crippen LogP contribution is 2.31. The Hall–Kier alpha value is -1.85. The summed E-state index contributed by atoms with van der Waals surface area (Å²) in [5.74, 6) is 0.773. The predicted octanol–water partition coefficient (Wildman–Crippen LogP) is 3.22. The summed E-state index contributed by atoms with van der Waals surface area (Å²) in [6.07, 6.45) is 8.17. The van der Waals surface area contributed by atoms with Crippen molar-refractivity contribution in [2.24, 2.45) is 11.3 Å². The standard InChI is InChI=1S/C19H30N4O2/c1-19(2,3)18(25)22-12-6-7-14(13-22)17(24)21-16-10-11-20-23(16)15-8-4-5-9-15/h10-11,14-15H,4-9,12-13H2,1-3H3,(H,21,24). The lowest BCUT2D eigenvalue weighted by atomic mass is 9.91. The van der Waals surface area contributed by atoms with Gasteiger partial charge < -0.3 is 10.2 Å². The molecule has 138 valence electrons. The van der Waals surface area contributed by atoms with Gasteiger partial charge in [0.15, 0.2) is 0 Å². The van der Waals surface area contributed by atoms with E-state index < -0.39 is 5.41 Å². The minimum Gasteiger partial charge on any atom is -0.341 e. The lowest BCUT2D eigenvalue weighted by Gasteiger charge is -2.35. The van der Waals surface area contributed by atoms with Crippen LogP contribution in [0.2, 0.25) is 0 Å². The highest BCUT2D eigenvalue weighted by atomic mass is 16.2. The summed E-state index contributed by atoms with van der Waals surface area (Å²) in [5, 5.41) is 7.47. The molecule has 25 heavy (non-hydrogen) atoms. The third-order valence-electron chi connectivity index (χ3n) is 5.31. The monoisotopic (exact) mass is 346 g/mol. The third kappa shape index (κ3) is 4.05. The molecule has 1 N–H and O–H groups in total. The van der Waals surface area contributed by atoms with E-state index in [1.807, 2.05) is 36.4 Å². The van der Waals surface area contributed by atoms with E-state index in [2.05, 4.69) is 10.4 Å². The summed E-state index contributed by atoms with van der Waals surface area (Å²) in [6, 6.07) is 2.27. The van der Waals surface area contributed by atoms with Gasteiger partial charge in [-0.25, -0.2) is 4.68 Å². The van der Waals surface area contributed by atoms with Crippen LogP contribution in [0.25, 0.3) is 0 Å². The quantitative estimate of drug-likeness (QED) is 0.914. The van der Waals surface area contributed by atoms with E-state index in [0.717, 1.165) is 38.0 Å². The van der Waals surface area contributed by atoms with E-state index in [1.54, 1.807) is 6.20 Å². The molecule has 1 aromatic rings. The molecule has 3 rings (SSSR count). The zero-order chi connectivity index (χ0) is 18.0. The Morgan fingerprint density at radius 3 is 2.56 bits per heavy atom. The molecule has 0 radical (unpaired) electrons. The average molecular weight is 346 g/mol. The maximum absolute atomic E-state index is 12.8. The first kappa shape index (κ1) is 18.0. The van der Waals surface area contributed by atoms with Crippen LogP contribution in [0.3, 0.4) is 0 Å². The van der Waals surface area contributed by atoms with E-state index in [4.69, 9.17) is 0 Å². The first-order valence-corrected chi connectivity index (χ1v) is 9.50. The Morgan fingerprint density at radius 1 is 1.16 bits per heavy atom. The summed E-state index contributed by atoms with van der Waals surface area (Å²) in [5.41, 5.74) is -0.403. The van der Waals surface area contributed by atoms with E-state index in [1.165, 1.54) is 12.8 Å². The van der Waals surface area contributed by atoms with Crippen LogP contribution in [0.15, 0.2) is 12.3 Å². The second kappa shape index (κ2) is 7.18. The van der Waals surface area contributed by atoms with Crippen molar-refractivity contribution in [3.63, 3.8) is 0 Å². The van der Waals surface area contributed by atoms with Crippen LogP contribution in [0.1, 0.15) is 65.3 Å². The van der Waals surface area contributed by atoms with Gasteiger partial charge in [0.2, 0.25) is 11.8 Å². The number of piperidine rings is 1. The van der Waals surface area contributed by atoms with Crippen molar-refractivity contribution in [1.29, 1.82) is 0 Å². The van der Waals surface area contributed by atoms with Gasteiger partial charge in [0.1, 0.15) is 5.82 Å². The van der Waals surface area contributed by atoms with Crippen LogP contribution in [-0.2, 0) is 9.59 Å². The van der Waals surface area contributed by atoms with Gasteiger partial charge >= 0.3 is 0 Å². The van der Waals surface area contributed by atoms with E-state index in [9.17, 15) is 9.59 Å². The summed E-state index contributed by atoms with van der Waals surface area (Å²) in [6.45, 7) is 7.05. The number of nitrogens with zero attached hydrogens (tertiary/aromatic N) is 3. The van der Waals surface area contributed by atoms with Crippen molar-refractivity contribution in [3.8, 4) is 0 Å². The molecule has 2 fully saturated rings. The molecular weight excluding hydrogens is 316 g/mol. The third-order valence-corrected chi connectivity index (χ3v) is 5.31. The number of anilines is 1. The van der Waals surface area contributed by atoms with Crippen LogP contribution in [-0.4, -0.2) is 39.6 Å². The molecule has 2 aliphatic rings. The summed E-state index contributed by atoms with van der Waals surface area (Å²) in [4.78, 5) is 27.1. The van der Waals surface area contributed by atoms with E-state index in [0.29, 0.717) is 12.6 Å². The maximum Gasteiger partial charge on any atom is 0.230 e. The maximum atomic E-state index is 12.8. The molecule has 1 aliphatic carbocycles. The van der Waals surface area contributed by atoms with Crippen LogP contribution in [0.5, 0.6) is 0 Å². The molecule has 6 heteroatoms. The van der Waals surface area contributed by atoms with Gasteiger partial charge in [0.25, 0.3) is 0 Å². The molecule has 0 aromatic carbocycles. The van der Waals surface area contributed by atoms with Crippen molar-refractivity contribution < 1.29 is 9.59 Å². The Bertz CT molecular complexity index is 626. The van der Waals surface area contributed by atoms with Gasteiger partial charge in [0.05, 0.1) is 18.2 Å². The second-order valence-corrected chi connectivity index (χ2v) is 8.43. The smallest absolute Gasteiger partial charge is 0.230 e. The van der Waals surface area contributed by atoms with Crippen LogP contribution < -0.4 is 5.32 Å². The molecule has 1 saturated heterocycles. The predicted molar refractivity (Wildman–Crippen MR) is 97.1 cm³/mol. The molecule has 1 unspecified atom stereocenters. The van der Waals surface area contributed by atoms with Crippen LogP contribution >= 0.6 is 0 Å². The molecular formula is C19H30N4O2. The Balaban J connectivity index is 1.63. The van der Waals surface area contributed by atoms with Crippen molar-refractivity contribution in [1.82, 2.24) is 14.7 Å². The number of hydrogen-bond acceptors (Lipinski definition) is 3. The molecule has 1 saturated carbocycles. The highest BCUT2D eigenvalue weighted by Gasteiger charge is 2.33. The van der Waals surface area contributed by atoms with Gasteiger partial charge in [-0.2, -0.15) is 5.10 Å². The van der Waals surface area contributed by atoms with E-state index >= 15 is 0 Å². The number of hydrogen-bond donors (Lipinski definition) is 1. The number of aromatic nitrogens is 2. The van der Waals surface area contributed by atoms with Gasteiger partial charge in [-0.15, -0.1) is 0 Å². The fraction of sp³-hybridized carbons (Fsp3) is 0.737. The molecule has 0 spiro atoms. The number of likely N-dealkylation sites (tertiary alicyclic amines) is 1. The SMILES string of the molecule is CC(C)(C)C(=O)N1CCCC(C(=O)Nc2ccnn2C2CCCC2)C1. The Labute approximate surface area is 149 Å². The zero-order valence-electron chi connectivity index (χ0n) is 15.6. The summed E-state index contributed by atoms with van der Waals surface area (Å²) >= 11 is 0. The summed E-state index contributed by atoms with van der Waals surface area (Å²) < 4.78 is 1.96. The molecule has 1 atom stereocenters. The van der Waals surface area contributed by atoms with Crippen molar-refractivity contribution in [2.75, 3.05) is 18.4 Å². The van der Waals surface area contributed by atoms with Crippen LogP contribution in [0, 0.1) is 11.3 Å². The minimum atomic E-state index is -0.403. The Morgan fingerprint density at radius 2 is 1.88 bits per heavy atom. The van der Waals surface area contributed by atoms with Gasteiger partial charge in [-0.05, 0) is 25.7 Å². The van der Waals surface area contributed by atoms with E-state index in [-0.39, 0.29) is 17.7 Å². The number of nitrogens with one attached hydrogen (secondary N) is 1. The second-order valence-electron chi connectivity index (χ2n) is 8.43. The fourth-order valence-electron chi connectivity index (χ4n) is 3.93. The van der Waals surface area contributed by atoms with Crippen molar-refractivity contribution in [3.05, 3.63) is 12.3 Å². The first-order valence-electron chi connectivity index (χ1n) is 9.50. The van der Waals surface area contributed by atoms with Crippen LogP contribution in [0.4, 0.5) is 5.82 Å². The van der Waals surface area contributed by atoms with Gasteiger partial charge in [-0.1, -0.05) is 33.6 Å². The fourth-order valence-corrected chi connectivity index (χ4v) is 3.93.